The summed E-state index contributed by atoms with van der Waals surface area (Å²) < 4.78 is 0.886. The minimum absolute atomic E-state index is 0.0501. The predicted molar refractivity (Wildman–Crippen MR) is 82.8 cm³/mol. The molecule has 1 unspecified atom stereocenters. The molecule has 19 heavy (non-hydrogen) atoms. The lowest BCUT2D eigenvalue weighted by Gasteiger charge is -2.26. The first-order chi connectivity index (χ1) is 8.80. The number of hydrogen-bond donors (Lipinski definition) is 0. The largest absolute Gasteiger partial charge is 0.278 e. The van der Waals surface area contributed by atoms with E-state index in [1.54, 1.807) is 6.07 Å². The van der Waals surface area contributed by atoms with Crippen LogP contribution < -0.4 is 0 Å². The van der Waals surface area contributed by atoms with Crippen molar-refractivity contribution >= 4 is 34.4 Å². The quantitative estimate of drug-likeness (QED) is 0.561. The lowest BCUT2D eigenvalue weighted by molar-refractivity contribution is -0.125. The molecule has 1 aromatic rings. The molecule has 1 aliphatic rings. The molecular formula is C15H18INO2. The van der Waals surface area contributed by atoms with Gasteiger partial charge in [-0.3, -0.25) is 14.5 Å². The normalized spacial score (nSPS) is 19.9. The van der Waals surface area contributed by atoms with Gasteiger partial charge in [0.2, 0.25) is 5.91 Å². The van der Waals surface area contributed by atoms with E-state index < -0.39 is 0 Å². The van der Waals surface area contributed by atoms with Crippen molar-refractivity contribution in [2.24, 2.45) is 11.3 Å². The van der Waals surface area contributed by atoms with Gasteiger partial charge in [-0.05, 0) is 46.1 Å². The Morgan fingerprint density at radius 3 is 2.47 bits per heavy atom. The molecule has 0 bridgehead atoms. The van der Waals surface area contributed by atoms with Crippen LogP contribution in [-0.4, -0.2) is 23.3 Å². The highest BCUT2D eigenvalue weighted by molar-refractivity contribution is 14.1. The minimum Gasteiger partial charge on any atom is -0.278 e. The van der Waals surface area contributed by atoms with Gasteiger partial charge in [-0.15, -0.1) is 0 Å². The number of imide groups is 1. The number of nitrogens with zero attached hydrogens (tertiary/aromatic N) is 1. The molecule has 0 aliphatic carbocycles. The van der Waals surface area contributed by atoms with Gasteiger partial charge >= 0.3 is 0 Å². The van der Waals surface area contributed by atoms with E-state index in [9.17, 15) is 9.59 Å². The maximum atomic E-state index is 12.5. The zero-order chi connectivity index (χ0) is 14.2. The van der Waals surface area contributed by atoms with Crippen molar-refractivity contribution < 1.29 is 9.59 Å². The minimum atomic E-state index is -0.165. The van der Waals surface area contributed by atoms with E-state index in [4.69, 9.17) is 0 Å². The fourth-order valence-corrected chi connectivity index (χ4v) is 2.88. The Morgan fingerprint density at radius 1 is 1.32 bits per heavy atom. The molecule has 102 valence electrons. The number of rotatable bonds is 1. The van der Waals surface area contributed by atoms with E-state index in [1.807, 2.05) is 18.2 Å². The summed E-state index contributed by atoms with van der Waals surface area (Å²) in [7, 11) is 0. The van der Waals surface area contributed by atoms with Gasteiger partial charge in [0.25, 0.3) is 5.91 Å². The summed E-state index contributed by atoms with van der Waals surface area (Å²) in [5, 5.41) is 0. The number of benzene rings is 1. The maximum Gasteiger partial charge on any atom is 0.261 e. The zero-order valence-electron chi connectivity index (χ0n) is 11.4. The summed E-state index contributed by atoms with van der Waals surface area (Å²) in [5.41, 5.74) is 0.667. The molecule has 1 fully saturated rings. The van der Waals surface area contributed by atoms with E-state index in [-0.39, 0.29) is 23.1 Å². The van der Waals surface area contributed by atoms with Gasteiger partial charge < -0.3 is 0 Å². The fraction of sp³-hybridized carbons (Fsp3) is 0.467. The first-order valence-corrected chi connectivity index (χ1v) is 7.48. The van der Waals surface area contributed by atoms with Crippen LogP contribution in [-0.2, 0) is 4.79 Å². The molecular weight excluding hydrogens is 353 g/mol. The van der Waals surface area contributed by atoms with Crippen molar-refractivity contribution in [3.63, 3.8) is 0 Å². The average Bonchev–Trinajstić information content (AvgIpc) is 2.71. The van der Waals surface area contributed by atoms with Crippen LogP contribution in [0.5, 0.6) is 0 Å². The summed E-state index contributed by atoms with van der Waals surface area (Å²) in [4.78, 5) is 25.9. The topological polar surface area (TPSA) is 37.4 Å². The molecule has 2 amide bonds. The van der Waals surface area contributed by atoms with E-state index in [1.165, 1.54) is 4.90 Å². The summed E-state index contributed by atoms with van der Waals surface area (Å²) in [5.74, 6) is 0.0247. The molecule has 0 aromatic heterocycles. The molecule has 0 radical (unpaired) electrons. The van der Waals surface area contributed by atoms with Gasteiger partial charge in [-0.1, -0.05) is 32.9 Å². The number of carbonyl (C=O) groups excluding carboxylic acids is 2. The second-order valence-electron chi connectivity index (χ2n) is 6.06. The van der Waals surface area contributed by atoms with Gasteiger partial charge in [0.1, 0.15) is 0 Å². The fourth-order valence-electron chi connectivity index (χ4n) is 2.26. The van der Waals surface area contributed by atoms with Crippen LogP contribution in [0.1, 0.15) is 37.6 Å². The van der Waals surface area contributed by atoms with Crippen LogP contribution in [0.3, 0.4) is 0 Å². The van der Waals surface area contributed by atoms with Gasteiger partial charge in [-0.2, -0.15) is 0 Å². The number of carbonyl (C=O) groups is 2. The van der Waals surface area contributed by atoms with Crippen LogP contribution in [0, 0.1) is 14.9 Å². The van der Waals surface area contributed by atoms with Crippen molar-refractivity contribution in [3.8, 4) is 0 Å². The van der Waals surface area contributed by atoms with Crippen LogP contribution in [0.4, 0.5) is 0 Å². The van der Waals surface area contributed by atoms with Crippen molar-refractivity contribution in [1.82, 2.24) is 4.90 Å². The average molecular weight is 371 g/mol. The Morgan fingerprint density at radius 2 is 1.95 bits per heavy atom. The highest BCUT2D eigenvalue weighted by Crippen LogP contribution is 2.35. The number of halogens is 1. The molecule has 0 saturated carbocycles. The van der Waals surface area contributed by atoms with Crippen molar-refractivity contribution in [2.45, 2.75) is 27.2 Å². The van der Waals surface area contributed by atoms with E-state index in [0.717, 1.165) is 3.57 Å². The first-order valence-electron chi connectivity index (χ1n) is 6.40. The van der Waals surface area contributed by atoms with Crippen molar-refractivity contribution in [1.29, 1.82) is 0 Å². The Balaban J connectivity index is 2.22. The Bertz CT molecular complexity index is 519. The summed E-state index contributed by atoms with van der Waals surface area (Å²) >= 11 is 2.13. The van der Waals surface area contributed by atoms with Crippen LogP contribution >= 0.6 is 22.6 Å². The van der Waals surface area contributed by atoms with E-state index >= 15 is 0 Å². The summed E-state index contributed by atoms with van der Waals surface area (Å²) in [6.45, 7) is 6.88. The first kappa shape index (κ1) is 14.5. The lowest BCUT2D eigenvalue weighted by Crippen LogP contribution is -2.34. The van der Waals surface area contributed by atoms with Crippen molar-refractivity contribution in [3.05, 3.63) is 33.4 Å². The summed E-state index contributed by atoms with van der Waals surface area (Å²) in [6.07, 6.45) is 0.471. The molecule has 0 N–H and O–H groups in total. The van der Waals surface area contributed by atoms with Gasteiger partial charge in [0.15, 0.2) is 0 Å². The van der Waals surface area contributed by atoms with E-state index in [0.29, 0.717) is 18.5 Å². The van der Waals surface area contributed by atoms with Gasteiger partial charge in [0.05, 0.1) is 5.56 Å². The Hall–Kier alpha value is -0.910. The van der Waals surface area contributed by atoms with Crippen LogP contribution in [0.2, 0.25) is 0 Å². The molecule has 1 aliphatic heterocycles. The van der Waals surface area contributed by atoms with E-state index in [2.05, 4.69) is 43.4 Å². The van der Waals surface area contributed by atoms with Crippen LogP contribution in [0.25, 0.3) is 0 Å². The molecule has 2 rings (SSSR count). The third-order valence-corrected chi connectivity index (χ3v) is 4.64. The zero-order valence-corrected chi connectivity index (χ0v) is 13.6. The monoisotopic (exact) mass is 371 g/mol. The predicted octanol–water partition coefficient (Wildman–Crippen LogP) is 3.33. The smallest absolute Gasteiger partial charge is 0.261 e. The number of amides is 2. The molecule has 3 nitrogen and oxygen atoms in total. The standard InChI is InChI=1S/C15H18INO2/c1-15(2,3)10-8-13(18)17(9-10)14(19)11-6-4-5-7-12(11)16/h4-7,10H,8-9H2,1-3H3. The Kier molecular flexibility index (Phi) is 3.99. The third kappa shape index (κ3) is 2.99. The molecule has 4 heteroatoms. The molecule has 1 aromatic carbocycles. The summed E-state index contributed by atoms with van der Waals surface area (Å²) in [6, 6.07) is 7.39. The second kappa shape index (κ2) is 5.23. The van der Waals surface area contributed by atoms with Crippen molar-refractivity contribution in [2.75, 3.05) is 6.54 Å². The molecule has 0 spiro atoms. The van der Waals surface area contributed by atoms with Crippen LogP contribution in [0.15, 0.2) is 24.3 Å². The molecule has 1 saturated heterocycles. The number of hydrogen-bond acceptors (Lipinski definition) is 2. The second-order valence-corrected chi connectivity index (χ2v) is 7.22. The SMILES string of the molecule is CC(C)(C)C1CC(=O)N(C(=O)c2ccccc2I)C1. The Labute approximate surface area is 127 Å². The van der Waals surface area contributed by atoms with Gasteiger partial charge in [-0.25, -0.2) is 0 Å². The third-order valence-electron chi connectivity index (χ3n) is 3.70. The highest BCUT2D eigenvalue weighted by atomic mass is 127. The van der Waals surface area contributed by atoms with Gasteiger partial charge in [0, 0.05) is 16.5 Å². The maximum absolute atomic E-state index is 12.5. The highest BCUT2D eigenvalue weighted by Gasteiger charge is 2.40. The lowest BCUT2D eigenvalue weighted by atomic mass is 9.80. The molecule has 1 heterocycles. The molecule has 1 atom stereocenters. The number of likely N-dealkylation sites (tertiary alicyclic amines) is 1.